The van der Waals surface area contributed by atoms with Crippen LogP contribution in [0.5, 0.6) is 11.5 Å². The average Bonchev–Trinajstić information content (AvgIpc) is 2.81. The molecule has 2 aromatic carbocycles. The summed E-state index contributed by atoms with van der Waals surface area (Å²) in [4.78, 5) is 4.67. The second-order valence-corrected chi connectivity index (χ2v) is 9.07. The number of anilines is 1. The van der Waals surface area contributed by atoms with E-state index in [0.29, 0.717) is 12.5 Å². The predicted octanol–water partition coefficient (Wildman–Crippen LogP) is 4.67. The van der Waals surface area contributed by atoms with Crippen LogP contribution in [0, 0.1) is 6.92 Å². The Kier molecular flexibility index (Phi) is 9.35. The van der Waals surface area contributed by atoms with Crippen LogP contribution in [0.1, 0.15) is 36.5 Å². The zero-order chi connectivity index (χ0) is 23.8. The van der Waals surface area contributed by atoms with E-state index in [1.165, 1.54) is 11.1 Å². The van der Waals surface area contributed by atoms with E-state index in [1.807, 2.05) is 12.1 Å². The van der Waals surface area contributed by atoms with Crippen LogP contribution in [0.15, 0.2) is 36.4 Å². The number of thiocarbonyl (C=S) groups is 1. The molecule has 180 valence electrons. The lowest BCUT2D eigenvalue weighted by Crippen LogP contribution is -2.44. The smallest absolute Gasteiger partial charge is 0.173 e. The highest BCUT2D eigenvalue weighted by atomic mass is 32.1. The number of nitrogens with one attached hydrogen (secondary N) is 1. The molecule has 7 heteroatoms. The lowest BCUT2D eigenvalue weighted by atomic mass is 9.96. The van der Waals surface area contributed by atoms with Gasteiger partial charge in [0.2, 0.25) is 0 Å². The molecule has 2 aromatic rings. The largest absolute Gasteiger partial charge is 0.493 e. The Labute approximate surface area is 203 Å². The minimum atomic E-state index is 0.407. The fourth-order valence-corrected chi connectivity index (χ4v) is 4.55. The molecule has 0 bridgehead atoms. The number of rotatable bonds is 9. The predicted molar refractivity (Wildman–Crippen MR) is 139 cm³/mol. The number of ether oxygens (including phenoxy) is 3. The lowest BCUT2D eigenvalue weighted by Gasteiger charge is -2.32. The van der Waals surface area contributed by atoms with Gasteiger partial charge in [-0.25, -0.2) is 0 Å². The molecule has 33 heavy (non-hydrogen) atoms. The van der Waals surface area contributed by atoms with Crippen LogP contribution in [-0.2, 0) is 11.3 Å². The molecule has 0 spiro atoms. The summed E-state index contributed by atoms with van der Waals surface area (Å²) in [6, 6.07) is 12.4. The van der Waals surface area contributed by atoms with Gasteiger partial charge in [0.15, 0.2) is 16.6 Å². The van der Waals surface area contributed by atoms with Crippen LogP contribution in [0.2, 0.25) is 0 Å². The third-order valence-electron chi connectivity index (χ3n) is 6.04. The molecule has 1 aliphatic rings. The number of benzene rings is 2. The number of hydrogen-bond acceptors (Lipinski definition) is 5. The fourth-order valence-electron chi connectivity index (χ4n) is 4.29. The highest BCUT2D eigenvalue weighted by molar-refractivity contribution is 7.80. The van der Waals surface area contributed by atoms with Crippen molar-refractivity contribution in [2.75, 3.05) is 58.9 Å². The summed E-state index contributed by atoms with van der Waals surface area (Å²) in [5.41, 5.74) is 4.78. The van der Waals surface area contributed by atoms with Gasteiger partial charge in [-0.15, -0.1) is 0 Å². The molecule has 0 unspecified atom stereocenters. The second-order valence-electron chi connectivity index (χ2n) is 8.69. The minimum absolute atomic E-state index is 0.407. The lowest BCUT2D eigenvalue weighted by molar-refractivity contribution is 0.0358. The van der Waals surface area contributed by atoms with Crippen molar-refractivity contribution >= 4 is 23.0 Å². The maximum atomic E-state index is 5.94. The Balaban J connectivity index is 1.80. The van der Waals surface area contributed by atoms with Gasteiger partial charge in [-0.3, -0.25) is 4.90 Å². The molecule has 1 fully saturated rings. The van der Waals surface area contributed by atoms with Crippen molar-refractivity contribution in [2.45, 2.75) is 33.2 Å². The third-order valence-corrected chi connectivity index (χ3v) is 6.40. The van der Waals surface area contributed by atoms with E-state index in [1.54, 1.807) is 14.2 Å². The summed E-state index contributed by atoms with van der Waals surface area (Å²) in [5, 5.41) is 4.28. The van der Waals surface area contributed by atoms with E-state index < -0.39 is 0 Å². The van der Waals surface area contributed by atoms with Crippen molar-refractivity contribution in [2.24, 2.45) is 0 Å². The zero-order valence-electron chi connectivity index (χ0n) is 20.5. The molecular formula is C26H37N3O3S. The van der Waals surface area contributed by atoms with Crippen LogP contribution in [0.25, 0.3) is 0 Å². The number of hydrogen-bond donors (Lipinski definition) is 1. The highest BCUT2D eigenvalue weighted by Gasteiger charge is 2.18. The van der Waals surface area contributed by atoms with Crippen molar-refractivity contribution in [3.63, 3.8) is 0 Å². The molecule has 0 aliphatic carbocycles. The van der Waals surface area contributed by atoms with Gasteiger partial charge < -0.3 is 24.4 Å². The van der Waals surface area contributed by atoms with E-state index in [9.17, 15) is 0 Å². The Hall–Kier alpha value is -2.35. The summed E-state index contributed by atoms with van der Waals surface area (Å²) in [6.07, 6.45) is 0. The van der Waals surface area contributed by atoms with Gasteiger partial charge in [-0.1, -0.05) is 32.0 Å². The zero-order valence-corrected chi connectivity index (χ0v) is 21.3. The molecule has 0 saturated carbocycles. The Morgan fingerprint density at radius 2 is 1.85 bits per heavy atom. The van der Waals surface area contributed by atoms with Gasteiger partial charge in [0.1, 0.15) is 0 Å². The SMILES string of the molecule is COc1ccc(CN(CCN2CCOCC2)C(=S)Nc2cccc(C)c2C(C)C)cc1OC. The van der Waals surface area contributed by atoms with Crippen LogP contribution in [0.4, 0.5) is 5.69 Å². The van der Waals surface area contributed by atoms with E-state index >= 15 is 0 Å². The van der Waals surface area contributed by atoms with Crippen LogP contribution in [0.3, 0.4) is 0 Å². The van der Waals surface area contributed by atoms with Gasteiger partial charge >= 0.3 is 0 Å². The molecule has 1 N–H and O–H groups in total. The van der Waals surface area contributed by atoms with Crippen molar-refractivity contribution in [3.8, 4) is 11.5 Å². The van der Waals surface area contributed by atoms with Crippen LogP contribution in [-0.4, -0.2) is 68.5 Å². The van der Waals surface area contributed by atoms with Crippen molar-refractivity contribution in [1.29, 1.82) is 0 Å². The topological polar surface area (TPSA) is 46.2 Å². The summed E-state index contributed by atoms with van der Waals surface area (Å²) in [6.45, 7) is 12.5. The Bertz CT molecular complexity index is 929. The van der Waals surface area contributed by atoms with Crippen molar-refractivity contribution in [1.82, 2.24) is 9.80 Å². The maximum absolute atomic E-state index is 5.94. The van der Waals surface area contributed by atoms with E-state index in [4.69, 9.17) is 26.4 Å². The minimum Gasteiger partial charge on any atom is -0.493 e. The van der Waals surface area contributed by atoms with Crippen molar-refractivity contribution < 1.29 is 14.2 Å². The monoisotopic (exact) mass is 471 g/mol. The molecule has 0 amide bonds. The first kappa shape index (κ1) is 25.3. The highest BCUT2D eigenvalue weighted by Crippen LogP contribution is 2.29. The molecular weight excluding hydrogens is 434 g/mol. The van der Waals surface area contributed by atoms with E-state index in [2.05, 4.69) is 60.2 Å². The van der Waals surface area contributed by atoms with Gasteiger partial charge in [-0.05, 0) is 59.9 Å². The first-order chi connectivity index (χ1) is 15.9. The first-order valence-electron chi connectivity index (χ1n) is 11.6. The summed E-state index contributed by atoms with van der Waals surface area (Å²) < 4.78 is 16.4. The van der Waals surface area contributed by atoms with Crippen LogP contribution < -0.4 is 14.8 Å². The fraction of sp³-hybridized carbons (Fsp3) is 0.500. The molecule has 0 aromatic heterocycles. The average molecular weight is 472 g/mol. The molecule has 1 heterocycles. The van der Waals surface area contributed by atoms with Crippen molar-refractivity contribution in [3.05, 3.63) is 53.1 Å². The summed E-state index contributed by atoms with van der Waals surface area (Å²) in [7, 11) is 3.31. The van der Waals surface area contributed by atoms with E-state index in [0.717, 1.165) is 67.3 Å². The quantitative estimate of drug-likeness (QED) is 0.534. The van der Waals surface area contributed by atoms with Gasteiger partial charge in [0, 0.05) is 38.4 Å². The van der Waals surface area contributed by atoms with E-state index in [-0.39, 0.29) is 0 Å². The molecule has 1 saturated heterocycles. The summed E-state index contributed by atoms with van der Waals surface area (Å²) >= 11 is 5.94. The molecule has 6 nitrogen and oxygen atoms in total. The number of morpholine rings is 1. The summed E-state index contributed by atoms with van der Waals surface area (Å²) in [5.74, 6) is 1.86. The van der Waals surface area contributed by atoms with Gasteiger partial charge in [0.25, 0.3) is 0 Å². The molecule has 3 rings (SSSR count). The normalized spacial score (nSPS) is 14.2. The number of aryl methyl sites for hydroxylation is 1. The standard InChI is InChI=1S/C26H37N3O3S/c1-19(2)25-20(3)7-6-8-22(25)27-26(33)29(12-11-28-13-15-32-16-14-28)18-21-9-10-23(30-4)24(17-21)31-5/h6-10,17,19H,11-16,18H2,1-5H3,(H,27,33). The number of methoxy groups -OCH3 is 2. The Morgan fingerprint density at radius 3 is 2.52 bits per heavy atom. The van der Waals surface area contributed by atoms with Gasteiger partial charge in [0.05, 0.1) is 27.4 Å². The first-order valence-corrected chi connectivity index (χ1v) is 12.0. The van der Waals surface area contributed by atoms with Crippen LogP contribution >= 0.6 is 12.2 Å². The maximum Gasteiger partial charge on any atom is 0.173 e. The molecule has 1 aliphatic heterocycles. The Morgan fingerprint density at radius 1 is 1.12 bits per heavy atom. The van der Waals surface area contributed by atoms with Gasteiger partial charge in [-0.2, -0.15) is 0 Å². The second kappa shape index (κ2) is 12.2. The molecule has 0 atom stereocenters. The molecule has 0 radical (unpaired) electrons. The third kappa shape index (κ3) is 6.82. The number of nitrogens with zero attached hydrogens (tertiary/aromatic N) is 2.